The van der Waals surface area contributed by atoms with Gasteiger partial charge in [0.15, 0.2) is 0 Å². The molecule has 1 aliphatic heterocycles. The summed E-state index contributed by atoms with van der Waals surface area (Å²) >= 11 is 0. The maximum absolute atomic E-state index is 12.7. The Morgan fingerprint density at radius 1 is 1.00 bits per heavy atom. The summed E-state index contributed by atoms with van der Waals surface area (Å²) in [5.74, 6) is -0.397. The second-order valence-electron chi connectivity index (χ2n) is 6.95. The molecule has 24 heavy (non-hydrogen) atoms. The maximum Gasteiger partial charge on any atom is 0.306 e. The fourth-order valence-electron chi connectivity index (χ4n) is 4.32. The van der Waals surface area contributed by atoms with Gasteiger partial charge in [0, 0.05) is 13.1 Å². The van der Waals surface area contributed by atoms with Crippen LogP contribution in [0.2, 0.25) is 0 Å². The number of hydrogen-bond acceptors (Lipinski definition) is 3. The van der Waals surface area contributed by atoms with Crippen molar-refractivity contribution in [2.24, 2.45) is 17.8 Å². The molecule has 0 radical (unpaired) electrons. The first-order valence-corrected chi connectivity index (χ1v) is 10.2. The van der Waals surface area contributed by atoms with Crippen LogP contribution in [0.15, 0.2) is 35.2 Å². The number of nitrogens with zero attached hydrogens (tertiary/aromatic N) is 1. The summed E-state index contributed by atoms with van der Waals surface area (Å²) < 4.78 is 26.9. The van der Waals surface area contributed by atoms with E-state index < -0.39 is 16.0 Å². The normalized spacial score (nSPS) is 27.0. The highest BCUT2D eigenvalue weighted by Crippen LogP contribution is 2.40. The van der Waals surface area contributed by atoms with Crippen molar-refractivity contribution in [3.63, 3.8) is 0 Å². The van der Waals surface area contributed by atoms with Crippen LogP contribution in [0.1, 0.15) is 38.5 Å². The van der Waals surface area contributed by atoms with Gasteiger partial charge in [0.1, 0.15) is 0 Å². The molecule has 1 N–H and O–H groups in total. The number of aliphatic carboxylic acids is 1. The fourth-order valence-corrected chi connectivity index (χ4v) is 5.81. The zero-order valence-electron chi connectivity index (χ0n) is 13.8. The molecule has 1 aromatic carbocycles. The van der Waals surface area contributed by atoms with Crippen LogP contribution in [0, 0.1) is 17.8 Å². The molecule has 2 fully saturated rings. The summed E-state index contributed by atoms with van der Waals surface area (Å²) in [5.41, 5.74) is 0. The Morgan fingerprint density at radius 2 is 1.62 bits per heavy atom. The summed E-state index contributed by atoms with van der Waals surface area (Å²) in [6, 6.07) is 8.53. The van der Waals surface area contributed by atoms with Gasteiger partial charge in [0.2, 0.25) is 10.0 Å². The Kier molecular flexibility index (Phi) is 5.25. The van der Waals surface area contributed by atoms with Gasteiger partial charge >= 0.3 is 5.97 Å². The zero-order chi connectivity index (χ0) is 17.2. The summed E-state index contributed by atoms with van der Waals surface area (Å²) in [7, 11) is -3.43. The van der Waals surface area contributed by atoms with E-state index in [9.17, 15) is 18.3 Å². The van der Waals surface area contributed by atoms with Gasteiger partial charge in [0.25, 0.3) is 0 Å². The fraction of sp³-hybridized carbons (Fsp3) is 0.611. The average Bonchev–Trinajstić information content (AvgIpc) is 2.62. The molecule has 1 saturated carbocycles. The average molecular weight is 351 g/mol. The first-order chi connectivity index (χ1) is 11.5. The lowest BCUT2D eigenvalue weighted by molar-refractivity contribution is -0.146. The monoisotopic (exact) mass is 351 g/mol. The summed E-state index contributed by atoms with van der Waals surface area (Å²) in [6.45, 7) is 0.982. The van der Waals surface area contributed by atoms with Crippen molar-refractivity contribution < 1.29 is 18.3 Å². The lowest BCUT2D eigenvalue weighted by atomic mass is 9.70. The van der Waals surface area contributed by atoms with Crippen molar-refractivity contribution in [3.8, 4) is 0 Å². The van der Waals surface area contributed by atoms with E-state index in [0.29, 0.717) is 23.9 Å². The van der Waals surface area contributed by atoms with Crippen molar-refractivity contribution >= 4 is 16.0 Å². The number of carbonyl (C=O) groups is 1. The number of carboxylic acids is 1. The highest BCUT2D eigenvalue weighted by molar-refractivity contribution is 7.89. The predicted octanol–water partition coefficient (Wildman–Crippen LogP) is 2.98. The smallest absolute Gasteiger partial charge is 0.306 e. The molecule has 2 aliphatic rings. The van der Waals surface area contributed by atoms with Gasteiger partial charge in [0.05, 0.1) is 10.8 Å². The van der Waals surface area contributed by atoms with E-state index in [1.165, 1.54) is 0 Å². The van der Waals surface area contributed by atoms with Crippen molar-refractivity contribution in [3.05, 3.63) is 30.3 Å². The number of sulfonamides is 1. The van der Waals surface area contributed by atoms with E-state index in [4.69, 9.17) is 0 Å². The minimum atomic E-state index is -3.43. The molecule has 0 unspecified atom stereocenters. The van der Waals surface area contributed by atoms with Crippen molar-refractivity contribution in [1.29, 1.82) is 0 Å². The molecule has 132 valence electrons. The third-order valence-electron chi connectivity index (χ3n) is 5.62. The van der Waals surface area contributed by atoms with Crippen molar-refractivity contribution in [2.75, 3.05) is 13.1 Å². The second-order valence-corrected chi connectivity index (χ2v) is 8.89. The Labute approximate surface area is 143 Å². The number of carboxylic acid groups (broad SMARTS) is 1. The molecular weight excluding hydrogens is 326 g/mol. The van der Waals surface area contributed by atoms with E-state index in [1.54, 1.807) is 34.6 Å². The van der Waals surface area contributed by atoms with Gasteiger partial charge in [-0.25, -0.2) is 8.42 Å². The molecule has 1 aromatic rings. The van der Waals surface area contributed by atoms with Gasteiger partial charge in [-0.2, -0.15) is 4.31 Å². The Morgan fingerprint density at radius 3 is 2.25 bits per heavy atom. The van der Waals surface area contributed by atoms with Crippen LogP contribution < -0.4 is 0 Å². The quantitative estimate of drug-likeness (QED) is 0.905. The molecule has 3 rings (SSSR count). The Hall–Kier alpha value is -1.40. The van der Waals surface area contributed by atoms with Crippen LogP contribution in [-0.2, 0) is 14.8 Å². The minimum absolute atomic E-state index is 0.206. The third-order valence-corrected chi connectivity index (χ3v) is 7.53. The Bertz CT molecular complexity index is 666. The maximum atomic E-state index is 12.7. The summed E-state index contributed by atoms with van der Waals surface area (Å²) in [6.07, 6.45) is 5.35. The lowest BCUT2D eigenvalue weighted by Crippen LogP contribution is -2.42. The predicted molar refractivity (Wildman–Crippen MR) is 91.0 cm³/mol. The molecule has 5 nitrogen and oxygen atoms in total. The molecular formula is C18H25NO4S. The van der Waals surface area contributed by atoms with Crippen LogP contribution in [-0.4, -0.2) is 36.9 Å². The largest absolute Gasteiger partial charge is 0.481 e. The zero-order valence-corrected chi connectivity index (χ0v) is 14.6. The highest BCUT2D eigenvalue weighted by Gasteiger charge is 2.39. The molecule has 1 saturated heterocycles. The van der Waals surface area contributed by atoms with Gasteiger partial charge < -0.3 is 5.11 Å². The van der Waals surface area contributed by atoms with E-state index in [0.717, 1.165) is 38.5 Å². The van der Waals surface area contributed by atoms with E-state index >= 15 is 0 Å². The SMILES string of the molecule is O=C(O)[C@@H]1CCCC[C@H]1C1CCN(S(=O)(=O)c2ccccc2)CC1. The van der Waals surface area contributed by atoms with Crippen LogP contribution in [0.25, 0.3) is 0 Å². The molecule has 6 heteroatoms. The molecule has 0 bridgehead atoms. The van der Waals surface area contributed by atoms with Gasteiger partial charge in [-0.3, -0.25) is 4.79 Å². The molecule has 0 amide bonds. The standard InChI is InChI=1S/C18H25NO4S/c20-18(21)17-9-5-4-8-16(17)14-10-12-19(13-11-14)24(22,23)15-6-2-1-3-7-15/h1-3,6-7,14,16-17H,4-5,8-13H2,(H,20,21)/t16-,17+/m0/s1. The summed E-state index contributed by atoms with van der Waals surface area (Å²) in [4.78, 5) is 11.8. The van der Waals surface area contributed by atoms with Crippen molar-refractivity contribution in [1.82, 2.24) is 4.31 Å². The third kappa shape index (κ3) is 3.49. The van der Waals surface area contributed by atoms with Gasteiger partial charge in [-0.1, -0.05) is 31.0 Å². The topological polar surface area (TPSA) is 74.7 Å². The van der Waals surface area contributed by atoms with Crippen LogP contribution in [0.4, 0.5) is 0 Å². The van der Waals surface area contributed by atoms with E-state index in [2.05, 4.69) is 0 Å². The first kappa shape index (κ1) is 17.4. The molecule has 0 aromatic heterocycles. The van der Waals surface area contributed by atoms with Crippen LogP contribution in [0.3, 0.4) is 0 Å². The number of rotatable bonds is 4. The van der Waals surface area contributed by atoms with Gasteiger partial charge in [-0.15, -0.1) is 0 Å². The van der Waals surface area contributed by atoms with Gasteiger partial charge in [-0.05, 0) is 49.7 Å². The molecule has 1 heterocycles. The van der Waals surface area contributed by atoms with Crippen molar-refractivity contribution in [2.45, 2.75) is 43.4 Å². The first-order valence-electron chi connectivity index (χ1n) is 8.78. The number of benzene rings is 1. The molecule has 1 aliphatic carbocycles. The second kappa shape index (κ2) is 7.23. The highest BCUT2D eigenvalue weighted by atomic mass is 32.2. The molecule has 2 atom stereocenters. The Balaban J connectivity index is 1.66. The summed E-state index contributed by atoms with van der Waals surface area (Å²) in [5, 5.41) is 9.46. The van der Waals surface area contributed by atoms with E-state index in [1.807, 2.05) is 0 Å². The van der Waals surface area contributed by atoms with Crippen LogP contribution >= 0.6 is 0 Å². The molecule has 0 spiro atoms. The lowest BCUT2D eigenvalue weighted by Gasteiger charge is -2.39. The number of hydrogen-bond donors (Lipinski definition) is 1. The van der Waals surface area contributed by atoms with Crippen LogP contribution in [0.5, 0.6) is 0 Å². The number of piperidine rings is 1. The van der Waals surface area contributed by atoms with E-state index in [-0.39, 0.29) is 11.8 Å². The minimum Gasteiger partial charge on any atom is -0.481 e.